The predicted octanol–water partition coefficient (Wildman–Crippen LogP) is 6.49. The van der Waals surface area contributed by atoms with Gasteiger partial charge in [-0.25, -0.2) is 4.79 Å². The van der Waals surface area contributed by atoms with Crippen molar-refractivity contribution in [3.8, 4) is 11.5 Å². The lowest BCUT2D eigenvalue weighted by molar-refractivity contribution is -0.0498. The van der Waals surface area contributed by atoms with E-state index in [4.69, 9.17) is 9.47 Å². The first kappa shape index (κ1) is 26.7. The van der Waals surface area contributed by atoms with Crippen molar-refractivity contribution in [1.29, 1.82) is 0 Å². The minimum absolute atomic E-state index is 0. The Labute approximate surface area is 211 Å². The van der Waals surface area contributed by atoms with E-state index in [-0.39, 0.29) is 13.1 Å². The zero-order chi connectivity index (χ0) is 26.1. The maximum Gasteiger partial charge on any atom is 0.387 e. The van der Waals surface area contributed by atoms with Crippen molar-refractivity contribution in [2.45, 2.75) is 32.8 Å². The highest BCUT2D eigenvalue weighted by Crippen LogP contribution is 2.38. The maximum atomic E-state index is 12.4. The fourth-order valence-corrected chi connectivity index (χ4v) is 3.93. The second-order valence-corrected chi connectivity index (χ2v) is 7.78. The molecule has 0 saturated carbocycles. The number of pyridine rings is 1. The Morgan fingerprint density at radius 1 is 1.19 bits per heavy atom. The van der Waals surface area contributed by atoms with E-state index in [1.54, 1.807) is 30.6 Å². The summed E-state index contributed by atoms with van der Waals surface area (Å²) in [6.45, 7) is 2.32. The van der Waals surface area contributed by atoms with E-state index in [0.717, 1.165) is 29.1 Å². The van der Waals surface area contributed by atoms with Crippen LogP contribution >= 0.6 is 0 Å². The van der Waals surface area contributed by atoms with Gasteiger partial charge in [0.25, 0.3) is 0 Å². The molecule has 0 saturated heterocycles. The van der Waals surface area contributed by atoms with Gasteiger partial charge in [0.05, 0.1) is 31.2 Å². The van der Waals surface area contributed by atoms with Gasteiger partial charge in [-0.3, -0.25) is 4.98 Å². The largest absolute Gasteiger partial charge is 0.493 e. The smallest absolute Gasteiger partial charge is 0.387 e. The molecule has 2 heterocycles. The van der Waals surface area contributed by atoms with Crippen LogP contribution in [0.1, 0.15) is 43.5 Å². The molecule has 7 nitrogen and oxygen atoms in total. The molecule has 0 radical (unpaired) electrons. The molecule has 3 aromatic rings. The Morgan fingerprint density at radius 2 is 1.92 bits per heavy atom. The SMILES string of the molecule is CC.COC(=O)c1ccncc1NC[C@@H]1CCOc2cc(N(C)c3ccc(OC(F)F)cc3)ccc21.[HH]. The second-order valence-electron chi connectivity index (χ2n) is 7.78. The number of methoxy groups -OCH3 is 1. The number of rotatable bonds is 8. The van der Waals surface area contributed by atoms with E-state index >= 15 is 0 Å². The number of anilines is 3. The Bertz CT molecular complexity index is 1150. The first-order valence-electron chi connectivity index (χ1n) is 11.8. The number of fused-ring (bicyclic) bond motifs is 1. The van der Waals surface area contributed by atoms with Crippen LogP contribution in [0.3, 0.4) is 0 Å². The molecule has 0 bridgehead atoms. The molecule has 1 atom stereocenters. The number of halogens is 2. The molecule has 1 aliphatic rings. The summed E-state index contributed by atoms with van der Waals surface area (Å²) in [6, 6.07) is 14.1. The van der Waals surface area contributed by atoms with Gasteiger partial charge >= 0.3 is 12.6 Å². The van der Waals surface area contributed by atoms with Gasteiger partial charge in [-0.15, -0.1) is 0 Å². The number of benzene rings is 2. The van der Waals surface area contributed by atoms with Gasteiger partial charge in [-0.2, -0.15) is 8.78 Å². The van der Waals surface area contributed by atoms with Crippen molar-refractivity contribution >= 4 is 23.0 Å². The number of esters is 1. The summed E-state index contributed by atoms with van der Waals surface area (Å²) in [5.41, 5.74) is 3.85. The monoisotopic (exact) mass is 501 g/mol. The number of aromatic nitrogens is 1. The Balaban J connectivity index is 0.00000157. The average molecular weight is 502 g/mol. The molecule has 0 amide bonds. The first-order chi connectivity index (χ1) is 17.5. The summed E-state index contributed by atoms with van der Waals surface area (Å²) >= 11 is 0. The molecule has 1 aromatic heterocycles. The average Bonchev–Trinajstić information content (AvgIpc) is 2.92. The number of carbonyl (C=O) groups excluding carboxylic acids is 1. The van der Waals surface area contributed by atoms with Gasteiger partial charge in [0.1, 0.15) is 11.5 Å². The third-order valence-electron chi connectivity index (χ3n) is 5.76. The van der Waals surface area contributed by atoms with Crippen LogP contribution in [0.5, 0.6) is 11.5 Å². The van der Waals surface area contributed by atoms with Crippen LogP contribution in [0.25, 0.3) is 0 Å². The molecule has 9 heteroatoms. The number of ether oxygens (including phenoxy) is 3. The minimum atomic E-state index is -2.85. The molecule has 1 N–H and O–H groups in total. The fourth-order valence-electron chi connectivity index (χ4n) is 3.93. The standard InChI is InChI=1S/C25H25F2N3O4.C2H6.H2/c1-30(17-3-6-19(7-4-17)34-25(26)27)18-5-8-20-16(10-12-33-23(20)13-18)14-29-22-15-28-11-9-21(22)24(31)32-2;1-2;/h3-9,11,13,15-16,25,29H,10,12,14H2,1-2H3;1-2H3;1H/t16-;;/m0../s1. The van der Waals surface area contributed by atoms with Gasteiger partial charge in [0, 0.05) is 44.6 Å². The Hall–Kier alpha value is -3.88. The summed E-state index contributed by atoms with van der Waals surface area (Å²) in [4.78, 5) is 18.1. The van der Waals surface area contributed by atoms with Gasteiger partial charge in [-0.05, 0) is 48.4 Å². The van der Waals surface area contributed by atoms with Crippen molar-refractivity contribution in [3.05, 3.63) is 72.1 Å². The van der Waals surface area contributed by atoms with Crippen LogP contribution in [-0.2, 0) is 4.74 Å². The van der Waals surface area contributed by atoms with E-state index in [9.17, 15) is 13.6 Å². The Kier molecular flexibility index (Phi) is 9.44. The van der Waals surface area contributed by atoms with Crippen molar-refractivity contribution in [1.82, 2.24) is 4.98 Å². The molecule has 2 aromatic carbocycles. The summed E-state index contributed by atoms with van der Waals surface area (Å²) in [7, 11) is 3.24. The van der Waals surface area contributed by atoms with E-state index in [2.05, 4.69) is 15.0 Å². The molecular weight excluding hydrogens is 468 g/mol. The summed E-state index contributed by atoms with van der Waals surface area (Å²) in [5.74, 6) is 0.665. The van der Waals surface area contributed by atoms with Crippen molar-refractivity contribution in [2.24, 2.45) is 0 Å². The molecule has 0 aliphatic carbocycles. The lowest BCUT2D eigenvalue weighted by Crippen LogP contribution is -2.22. The molecule has 0 unspecified atom stereocenters. The fraction of sp³-hybridized carbons (Fsp3) is 0.333. The first-order valence-corrected chi connectivity index (χ1v) is 11.8. The van der Waals surface area contributed by atoms with E-state index < -0.39 is 12.6 Å². The number of nitrogens with one attached hydrogen (secondary N) is 1. The molecule has 4 rings (SSSR count). The van der Waals surface area contributed by atoms with Crippen molar-refractivity contribution in [3.63, 3.8) is 0 Å². The number of nitrogens with zero attached hydrogens (tertiary/aromatic N) is 2. The van der Waals surface area contributed by atoms with Gasteiger partial charge in [0.2, 0.25) is 0 Å². The second kappa shape index (κ2) is 12.7. The predicted molar refractivity (Wildman–Crippen MR) is 138 cm³/mol. The number of carbonyl (C=O) groups is 1. The summed E-state index contributed by atoms with van der Waals surface area (Å²) in [6.07, 6.45) is 4.00. The lowest BCUT2D eigenvalue weighted by Gasteiger charge is -2.28. The highest BCUT2D eigenvalue weighted by molar-refractivity contribution is 5.95. The molecule has 194 valence electrons. The topological polar surface area (TPSA) is 72.9 Å². The van der Waals surface area contributed by atoms with Crippen molar-refractivity contribution < 1.29 is 29.2 Å². The number of alkyl halides is 2. The molecule has 36 heavy (non-hydrogen) atoms. The van der Waals surface area contributed by atoms with Crippen LogP contribution in [0.2, 0.25) is 0 Å². The van der Waals surface area contributed by atoms with E-state index in [1.165, 1.54) is 19.2 Å². The summed E-state index contributed by atoms with van der Waals surface area (Å²) < 4.78 is 40.0. The third kappa shape index (κ3) is 6.41. The molecule has 0 spiro atoms. The van der Waals surface area contributed by atoms with Gasteiger partial charge in [-0.1, -0.05) is 19.9 Å². The minimum Gasteiger partial charge on any atom is -0.493 e. The third-order valence-corrected chi connectivity index (χ3v) is 5.76. The van der Waals surface area contributed by atoms with E-state index in [1.807, 2.05) is 44.0 Å². The van der Waals surface area contributed by atoms with Crippen LogP contribution in [0.4, 0.5) is 25.8 Å². The highest BCUT2D eigenvalue weighted by Gasteiger charge is 2.23. The lowest BCUT2D eigenvalue weighted by atomic mass is 9.92. The van der Waals surface area contributed by atoms with Crippen LogP contribution < -0.4 is 19.7 Å². The molecule has 1 aliphatic heterocycles. The number of hydrogen-bond donors (Lipinski definition) is 1. The normalized spacial score (nSPS) is 14.0. The quantitative estimate of drug-likeness (QED) is 0.354. The summed E-state index contributed by atoms with van der Waals surface area (Å²) in [5, 5.41) is 3.33. The number of hydrogen-bond acceptors (Lipinski definition) is 7. The van der Waals surface area contributed by atoms with Gasteiger partial charge < -0.3 is 24.4 Å². The zero-order valence-corrected chi connectivity index (χ0v) is 20.8. The van der Waals surface area contributed by atoms with Crippen LogP contribution in [0.15, 0.2) is 60.9 Å². The van der Waals surface area contributed by atoms with Crippen LogP contribution in [-0.4, -0.2) is 44.9 Å². The Morgan fingerprint density at radius 3 is 2.61 bits per heavy atom. The van der Waals surface area contributed by atoms with Gasteiger partial charge in [0.15, 0.2) is 0 Å². The maximum absolute atomic E-state index is 12.4. The molecule has 0 fully saturated rings. The van der Waals surface area contributed by atoms with Crippen LogP contribution in [0, 0.1) is 0 Å². The van der Waals surface area contributed by atoms with Crippen molar-refractivity contribution in [2.75, 3.05) is 37.5 Å². The molecular formula is C27H33F2N3O4. The zero-order valence-electron chi connectivity index (χ0n) is 20.8. The van der Waals surface area contributed by atoms with E-state index in [0.29, 0.717) is 24.4 Å². The highest BCUT2D eigenvalue weighted by atomic mass is 19.3.